The molecule has 0 saturated heterocycles. The number of hydrogen-bond donors (Lipinski definition) is 0. The van der Waals surface area contributed by atoms with Crippen molar-refractivity contribution in [1.29, 1.82) is 5.26 Å². The van der Waals surface area contributed by atoms with E-state index < -0.39 is 8.07 Å². The molecule has 0 N–H and O–H groups in total. The van der Waals surface area contributed by atoms with E-state index in [1.54, 1.807) is 5.19 Å². The standard InChI is InChI=1S/C40H39N3Si/c1-26(2)44(27(3)4,28(5)6)32-19-20-40-36(24-32)35-15-9-12-18-39(35)43(40)31-22-29(25-41)21-30(23-31)42-37-16-10-7-13-33(37)34-14-8-11-17-38(34)42/h7-24,26-28H,1-6H3. The van der Waals surface area contributed by atoms with Crippen LogP contribution < -0.4 is 5.19 Å². The van der Waals surface area contributed by atoms with Crippen LogP contribution in [0.3, 0.4) is 0 Å². The summed E-state index contributed by atoms with van der Waals surface area (Å²) in [5, 5.41) is 16.8. The minimum atomic E-state index is -1.85. The van der Waals surface area contributed by atoms with Crippen LogP contribution in [0.1, 0.15) is 47.1 Å². The quantitative estimate of drug-likeness (QED) is 0.178. The molecule has 0 radical (unpaired) electrons. The lowest BCUT2D eigenvalue weighted by atomic mass is 10.1. The van der Waals surface area contributed by atoms with Crippen molar-refractivity contribution in [2.75, 3.05) is 0 Å². The molecular formula is C40H39N3Si. The van der Waals surface area contributed by atoms with Crippen LogP contribution in [0.2, 0.25) is 16.6 Å². The molecule has 4 heteroatoms. The van der Waals surface area contributed by atoms with E-state index in [-0.39, 0.29) is 0 Å². The minimum absolute atomic E-state index is 0.634. The van der Waals surface area contributed by atoms with Crippen LogP contribution in [-0.4, -0.2) is 17.2 Å². The highest BCUT2D eigenvalue weighted by Gasteiger charge is 2.44. The fraction of sp³-hybridized carbons (Fsp3) is 0.225. The van der Waals surface area contributed by atoms with Gasteiger partial charge in [0.1, 0.15) is 0 Å². The summed E-state index contributed by atoms with van der Waals surface area (Å²) in [5.41, 5.74) is 9.15. The summed E-state index contributed by atoms with van der Waals surface area (Å²) in [6.07, 6.45) is 0. The van der Waals surface area contributed by atoms with E-state index in [2.05, 4.69) is 154 Å². The number of hydrogen-bond acceptors (Lipinski definition) is 1. The molecule has 0 unspecified atom stereocenters. The Labute approximate surface area is 261 Å². The molecular weight excluding hydrogens is 551 g/mol. The summed E-state index contributed by atoms with van der Waals surface area (Å²) in [5.74, 6) is 0. The zero-order chi connectivity index (χ0) is 30.7. The molecule has 2 heterocycles. The molecule has 0 spiro atoms. The fourth-order valence-corrected chi connectivity index (χ4v) is 15.4. The average Bonchev–Trinajstić information content (AvgIpc) is 3.53. The van der Waals surface area contributed by atoms with Crippen LogP contribution in [0.15, 0.2) is 109 Å². The van der Waals surface area contributed by atoms with Gasteiger partial charge in [-0.05, 0) is 59.1 Å². The molecule has 3 nitrogen and oxygen atoms in total. The molecule has 0 amide bonds. The molecule has 7 aromatic rings. The summed E-state index contributed by atoms with van der Waals surface area (Å²) >= 11 is 0. The number of benzene rings is 5. The number of nitrogens with zero attached hydrogens (tertiary/aromatic N) is 3. The van der Waals surface area contributed by atoms with Crippen LogP contribution in [0, 0.1) is 11.3 Å². The van der Waals surface area contributed by atoms with Gasteiger partial charge in [-0.2, -0.15) is 5.26 Å². The topological polar surface area (TPSA) is 33.6 Å². The first-order valence-corrected chi connectivity index (χ1v) is 18.1. The Bertz CT molecular complexity index is 2160. The van der Waals surface area contributed by atoms with E-state index in [1.165, 1.54) is 27.1 Å². The molecule has 0 aliphatic rings. The lowest BCUT2D eigenvalue weighted by Gasteiger charge is -2.43. The van der Waals surface area contributed by atoms with Crippen molar-refractivity contribution in [3.05, 3.63) is 115 Å². The lowest BCUT2D eigenvalue weighted by molar-refractivity contribution is 0.835. The number of rotatable bonds is 6. The Kier molecular flexibility index (Phi) is 6.75. The van der Waals surface area contributed by atoms with Crippen molar-refractivity contribution in [3.63, 3.8) is 0 Å². The van der Waals surface area contributed by atoms with Gasteiger partial charge in [0.2, 0.25) is 0 Å². The third-order valence-electron chi connectivity index (χ3n) is 10.2. The van der Waals surface area contributed by atoms with Crippen molar-refractivity contribution in [2.45, 2.75) is 58.2 Å². The van der Waals surface area contributed by atoms with Gasteiger partial charge in [0.15, 0.2) is 0 Å². The van der Waals surface area contributed by atoms with Gasteiger partial charge >= 0.3 is 0 Å². The summed E-state index contributed by atoms with van der Waals surface area (Å²) in [6, 6.07) is 41.9. The highest BCUT2D eigenvalue weighted by molar-refractivity contribution is 6.95. The molecule has 44 heavy (non-hydrogen) atoms. The number of nitriles is 1. The largest absolute Gasteiger partial charge is 0.309 e. The van der Waals surface area contributed by atoms with Gasteiger partial charge in [-0.25, -0.2) is 0 Å². The van der Waals surface area contributed by atoms with Gasteiger partial charge in [0, 0.05) is 32.9 Å². The van der Waals surface area contributed by atoms with Crippen molar-refractivity contribution in [3.8, 4) is 17.4 Å². The average molecular weight is 590 g/mol. The molecule has 0 atom stereocenters. The maximum absolute atomic E-state index is 10.3. The second-order valence-corrected chi connectivity index (χ2v) is 19.1. The maximum atomic E-state index is 10.3. The van der Waals surface area contributed by atoms with E-state index in [0.29, 0.717) is 22.2 Å². The van der Waals surface area contributed by atoms with Gasteiger partial charge in [-0.3, -0.25) is 0 Å². The molecule has 0 saturated carbocycles. The molecule has 0 aliphatic carbocycles. The van der Waals surface area contributed by atoms with Crippen LogP contribution in [-0.2, 0) is 0 Å². The minimum Gasteiger partial charge on any atom is -0.309 e. The van der Waals surface area contributed by atoms with Crippen LogP contribution in [0.25, 0.3) is 55.0 Å². The Morgan fingerprint density at radius 1 is 0.500 bits per heavy atom. The fourth-order valence-electron chi connectivity index (χ4n) is 8.64. The third kappa shape index (κ3) is 3.99. The summed E-state index contributed by atoms with van der Waals surface area (Å²) < 4.78 is 4.66. The second-order valence-electron chi connectivity index (χ2n) is 13.2. The van der Waals surface area contributed by atoms with Gasteiger partial charge in [-0.1, -0.05) is 113 Å². The van der Waals surface area contributed by atoms with Crippen molar-refractivity contribution >= 4 is 56.9 Å². The first-order valence-electron chi connectivity index (χ1n) is 15.8. The van der Waals surface area contributed by atoms with E-state index in [4.69, 9.17) is 0 Å². The Morgan fingerprint density at radius 2 is 0.909 bits per heavy atom. The van der Waals surface area contributed by atoms with Crippen LogP contribution in [0.4, 0.5) is 0 Å². The molecule has 0 bridgehead atoms. The Balaban J connectivity index is 1.53. The first kappa shape index (κ1) is 28.2. The number of para-hydroxylation sites is 3. The van der Waals surface area contributed by atoms with Crippen molar-refractivity contribution in [1.82, 2.24) is 9.13 Å². The highest BCUT2D eigenvalue weighted by Crippen LogP contribution is 2.42. The van der Waals surface area contributed by atoms with Gasteiger partial charge in [0.05, 0.1) is 41.8 Å². The highest BCUT2D eigenvalue weighted by atomic mass is 28.3. The molecule has 7 rings (SSSR count). The molecule has 2 aromatic heterocycles. The monoisotopic (exact) mass is 589 g/mol. The molecule has 5 aromatic carbocycles. The van der Waals surface area contributed by atoms with Gasteiger partial charge < -0.3 is 9.13 Å². The summed E-state index contributed by atoms with van der Waals surface area (Å²) in [6.45, 7) is 14.6. The van der Waals surface area contributed by atoms with Crippen molar-refractivity contribution < 1.29 is 0 Å². The predicted molar refractivity (Wildman–Crippen MR) is 191 cm³/mol. The van der Waals surface area contributed by atoms with E-state index >= 15 is 0 Å². The summed E-state index contributed by atoms with van der Waals surface area (Å²) in [7, 11) is -1.85. The van der Waals surface area contributed by atoms with E-state index in [0.717, 1.165) is 27.9 Å². The van der Waals surface area contributed by atoms with Crippen molar-refractivity contribution in [2.24, 2.45) is 0 Å². The number of fused-ring (bicyclic) bond motifs is 6. The third-order valence-corrected chi connectivity index (χ3v) is 17.2. The second kappa shape index (κ2) is 10.5. The zero-order valence-electron chi connectivity index (χ0n) is 26.5. The predicted octanol–water partition coefficient (Wildman–Crippen LogP) is 10.6. The zero-order valence-corrected chi connectivity index (χ0v) is 27.5. The smallest absolute Gasteiger partial charge is 0.0993 e. The Morgan fingerprint density at radius 3 is 1.34 bits per heavy atom. The number of aromatic nitrogens is 2. The molecule has 218 valence electrons. The molecule has 0 fully saturated rings. The van der Waals surface area contributed by atoms with E-state index in [1.807, 2.05) is 12.1 Å². The lowest BCUT2D eigenvalue weighted by Crippen LogP contribution is -2.55. The van der Waals surface area contributed by atoms with Gasteiger partial charge in [0.25, 0.3) is 0 Å². The van der Waals surface area contributed by atoms with Gasteiger partial charge in [-0.15, -0.1) is 0 Å². The van der Waals surface area contributed by atoms with E-state index in [9.17, 15) is 5.26 Å². The normalized spacial score (nSPS) is 12.5. The van der Waals surface area contributed by atoms with Crippen LogP contribution in [0.5, 0.6) is 0 Å². The van der Waals surface area contributed by atoms with Crippen LogP contribution >= 0.6 is 0 Å². The first-order chi connectivity index (χ1) is 21.3. The molecule has 0 aliphatic heterocycles. The maximum Gasteiger partial charge on any atom is 0.0993 e. The SMILES string of the molecule is CC(C)[Si](c1ccc2c(c1)c1ccccc1n2-c1cc(C#N)cc(-n2c3ccccc3c3ccccc32)c1)(C(C)C)C(C)C. The Hall–Kier alpha value is -4.59. The summed E-state index contributed by atoms with van der Waals surface area (Å²) in [4.78, 5) is 0.